The van der Waals surface area contributed by atoms with Gasteiger partial charge < -0.3 is 15.3 Å². The van der Waals surface area contributed by atoms with Gasteiger partial charge in [0.25, 0.3) is 0 Å². The molecule has 0 saturated carbocycles. The highest BCUT2D eigenvalue weighted by Crippen LogP contribution is 2.20. The fourth-order valence-electron chi connectivity index (χ4n) is 1.93. The molecule has 2 N–H and O–H groups in total. The fraction of sp³-hybridized carbons (Fsp3) is 0.900. The van der Waals surface area contributed by atoms with E-state index in [-0.39, 0.29) is 11.8 Å². The number of aliphatic hydroxyl groups is 1. The molecule has 0 spiro atoms. The van der Waals surface area contributed by atoms with Crippen molar-refractivity contribution in [2.45, 2.75) is 18.9 Å². The molecule has 0 unspecified atom stereocenters. The first-order valence-corrected chi connectivity index (χ1v) is 5.35. The third-order valence-electron chi connectivity index (χ3n) is 2.85. The van der Waals surface area contributed by atoms with E-state index >= 15 is 0 Å². The van der Waals surface area contributed by atoms with Gasteiger partial charge in [0, 0.05) is 19.0 Å². The Morgan fingerprint density at radius 3 is 3.00 bits per heavy atom. The molecule has 4 nitrogen and oxygen atoms in total. The molecule has 1 fully saturated rings. The average molecular weight is 218 g/mol. The van der Waals surface area contributed by atoms with Crippen LogP contribution in [-0.2, 0) is 4.79 Å². The van der Waals surface area contributed by atoms with Crippen molar-refractivity contribution in [1.29, 1.82) is 0 Å². The first kappa shape index (κ1) is 12.4. The summed E-state index contributed by atoms with van der Waals surface area (Å²) in [4.78, 5) is 13.2. The molecule has 88 valence electrons. The summed E-state index contributed by atoms with van der Waals surface area (Å²) in [5, 5.41) is 12.4. The Kier molecular flexibility index (Phi) is 4.98. The van der Waals surface area contributed by atoms with Crippen molar-refractivity contribution in [3.8, 4) is 0 Å². The minimum atomic E-state index is -0.459. The number of hydrogen-bond acceptors (Lipinski definition) is 3. The van der Waals surface area contributed by atoms with Crippen LogP contribution in [0.25, 0.3) is 0 Å². The molecule has 1 saturated heterocycles. The first-order chi connectivity index (χ1) is 7.19. The van der Waals surface area contributed by atoms with E-state index < -0.39 is 12.8 Å². The van der Waals surface area contributed by atoms with Crippen LogP contribution < -0.4 is 5.32 Å². The van der Waals surface area contributed by atoms with E-state index in [1.54, 1.807) is 11.9 Å². The Bertz CT molecular complexity index is 214. The minimum absolute atomic E-state index is 0.0215. The molecular formula is C10H19FN2O2. The van der Waals surface area contributed by atoms with Gasteiger partial charge in [-0.3, -0.25) is 9.18 Å². The lowest BCUT2D eigenvalue weighted by Gasteiger charge is -2.35. The van der Waals surface area contributed by atoms with Gasteiger partial charge in [0.2, 0.25) is 5.91 Å². The normalized spacial score (nSPS) is 26.7. The molecule has 15 heavy (non-hydrogen) atoms. The number of piperidine rings is 1. The molecule has 0 aromatic rings. The molecule has 0 bridgehead atoms. The average Bonchev–Trinajstić information content (AvgIpc) is 2.22. The number of nitrogens with one attached hydrogen (secondary N) is 1. The molecule has 2 atom stereocenters. The summed E-state index contributed by atoms with van der Waals surface area (Å²) in [6, 6.07) is 0. The molecule has 1 rings (SSSR count). The van der Waals surface area contributed by atoms with Crippen LogP contribution in [0.3, 0.4) is 0 Å². The Morgan fingerprint density at radius 1 is 1.67 bits per heavy atom. The second kappa shape index (κ2) is 6.02. The zero-order valence-corrected chi connectivity index (χ0v) is 9.08. The van der Waals surface area contributed by atoms with Crippen LogP contribution in [0.1, 0.15) is 12.8 Å². The number of hydrogen-bond donors (Lipinski definition) is 2. The van der Waals surface area contributed by atoms with Crippen molar-refractivity contribution < 1.29 is 14.3 Å². The van der Waals surface area contributed by atoms with Crippen LogP contribution in [0.15, 0.2) is 0 Å². The van der Waals surface area contributed by atoms with Crippen molar-refractivity contribution in [1.82, 2.24) is 10.2 Å². The van der Waals surface area contributed by atoms with Crippen molar-refractivity contribution in [3.05, 3.63) is 0 Å². The van der Waals surface area contributed by atoms with Gasteiger partial charge in [0.15, 0.2) is 0 Å². The molecule has 0 aliphatic carbocycles. The van der Waals surface area contributed by atoms with Crippen molar-refractivity contribution in [2.75, 3.05) is 33.4 Å². The molecule has 1 heterocycles. The van der Waals surface area contributed by atoms with Crippen LogP contribution in [0.4, 0.5) is 4.39 Å². The van der Waals surface area contributed by atoms with E-state index in [9.17, 15) is 14.3 Å². The molecule has 0 aromatic carbocycles. The van der Waals surface area contributed by atoms with Gasteiger partial charge >= 0.3 is 0 Å². The summed E-state index contributed by atoms with van der Waals surface area (Å²) >= 11 is 0. The van der Waals surface area contributed by atoms with Crippen LogP contribution >= 0.6 is 0 Å². The lowest BCUT2D eigenvalue weighted by atomic mass is 9.92. The number of carbonyl (C=O) groups excluding carboxylic acids is 1. The number of likely N-dealkylation sites (tertiary alicyclic amines) is 1. The van der Waals surface area contributed by atoms with Crippen LogP contribution in [0, 0.1) is 5.92 Å². The number of halogens is 1. The highest BCUT2D eigenvalue weighted by atomic mass is 19.1. The van der Waals surface area contributed by atoms with Gasteiger partial charge in [-0.05, 0) is 19.9 Å². The monoisotopic (exact) mass is 218 g/mol. The maximum absolute atomic E-state index is 12.2. The summed E-state index contributed by atoms with van der Waals surface area (Å²) in [7, 11) is 1.72. The Hall–Kier alpha value is -0.680. The maximum Gasteiger partial charge on any atom is 0.236 e. The zero-order chi connectivity index (χ0) is 11.3. The summed E-state index contributed by atoms with van der Waals surface area (Å²) in [6.45, 7) is 0.921. The highest BCUT2D eigenvalue weighted by Gasteiger charge is 2.29. The van der Waals surface area contributed by atoms with Gasteiger partial charge in [0.05, 0.1) is 19.3 Å². The van der Waals surface area contributed by atoms with Gasteiger partial charge in [0.1, 0.15) is 0 Å². The number of aliphatic hydroxyl groups excluding tert-OH is 1. The Morgan fingerprint density at radius 2 is 2.40 bits per heavy atom. The molecule has 0 radical (unpaired) electrons. The van der Waals surface area contributed by atoms with Crippen molar-refractivity contribution in [2.24, 2.45) is 5.92 Å². The predicted octanol–water partition coefficient (Wildman–Crippen LogP) is -0.225. The number of carbonyl (C=O) groups is 1. The standard InChI is InChI=1S/C10H19FN2O2/c1-12-6-10(15)13-5-3-9(14)8(7-13)2-4-11/h8-9,12,14H,2-7H2,1H3/t8-,9-/m0/s1. The van der Waals surface area contributed by atoms with E-state index in [1.165, 1.54) is 0 Å². The SMILES string of the molecule is CNCC(=O)N1CC[C@H](O)[C@@H](CCF)C1. The summed E-state index contributed by atoms with van der Waals surface area (Å²) in [5.74, 6) is -0.0854. The van der Waals surface area contributed by atoms with Crippen LogP contribution in [-0.4, -0.2) is 55.4 Å². The molecule has 0 aromatic heterocycles. The minimum Gasteiger partial charge on any atom is -0.393 e. The summed E-state index contributed by atoms with van der Waals surface area (Å²) < 4.78 is 12.2. The molecule has 1 amide bonds. The smallest absolute Gasteiger partial charge is 0.236 e. The number of nitrogens with zero attached hydrogens (tertiary/aromatic N) is 1. The van der Waals surface area contributed by atoms with Crippen LogP contribution in [0.2, 0.25) is 0 Å². The zero-order valence-electron chi connectivity index (χ0n) is 9.08. The lowest BCUT2D eigenvalue weighted by molar-refractivity contribution is -0.134. The number of rotatable bonds is 4. The van der Waals surface area contributed by atoms with Gasteiger partial charge in [-0.2, -0.15) is 0 Å². The Labute approximate surface area is 89.4 Å². The van der Waals surface area contributed by atoms with E-state index in [1.807, 2.05) is 0 Å². The number of amides is 1. The van der Waals surface area contributed by atoms with Crippen LogP contribution in [0.5, 0.6) is 0 Å². The van der Waals surface area contributed by atoms with E-state index in [0.717, 1.165) is 0 Å². The van der Waals surface area contributed by atoms with E-state index in [4.69, 9.17) is 0 Å². The maximum atomic E-state index is 12.2. The molecule has 5 heteroatoms. The summed E-state index contributed by atoms with van der Waals surface area (Å²) in [5.41, 5.74) is 0. The van der Waals surface area contributed by atoms with E-state index in [2.05, 4.69) is 5.32 Å². The fourth-order valence-corrected chi connectivity index (χ4v) is 1.93. The number of likely N-dealkylation sites (N-methyl/N-ethyl adjacent to an activating group) is 1. The highest BCUT2D eigenvalue weighted by molar-refractivity contribution is 5.78. The topological polar surface area (TPSA) is 52.6 Å². The van der Waals surface area contributed by atoms with Gasteiger partial charge in [-0.1, -0.05) is 0 Å². The van der Waals surface area contributed by atoms with Gasteiger partial charge in [-0.15, -0.1) is 0 Å². The Balaban J connectivity index is 2.45. The second-order valence-corrected chi connectivity index (χ2v) is 3.96. The third-order valence-corrected chi connectivity index (χ3v) is 2.85. The predicted molar refractivity (Wildman–Crippen MR) is 55.2 cm³/mol. The lowest BCUT2D eigenvalue weighted by Crippen LogP contribution is -2.48. The molecule has 1 aliphatic rings. The third kappa shape index (κ3) is 3.43. The molecule has 1 aliphatic heterocycles. The summed E-state index contributed by atoms with van der Waals surface area (Å²) in [6.07, 6.45) is 0.435. The second-order valence-electron chi connectivity index (χ2n) is 3.96. The van der Waals surface area contributed by atoms with Crippen molar-refractivity contribution in [3.63, 3.8) is 0 Å². The first-order valence-electron chi connectivity index (χ1n) is 5.35. The molecular weight excluding hydrogens is 199 g/mol. The van der Waals surface area contributed by atoms with E-state index in [0.29, 0.717) is 32.5 Å². The van der Waals surface area contributed by atoms with Gasteiger partial charge in [-0.25, -0.2) is 0 Å². The largest absolute Gasteiger partial charge is 0.393 e. The number of alkyl halides is 1. The van der Waals surface area contributed by atoms with Crippen molar-refractivity contribution >= 4 is 5.91 Å². The quantitative estimate of drug-likeness (QED) is 0.685.